The van der Waals surface area contributed by atoms with Crippen LogP contribution in [0.3, 0.4) is 0 Å². The Morgan fingerprint density at radius 3 is 1.62 bits per heavy atom. The second kappa shape index (κ2) is 10.0. The molecule has 0 amide bonds. The van der Waals surface area contributed by atoms with Crippen LogP contribution in [0.5, 0.6) is 0 Å². The van der Waals surface area contributed by atoms with Crippen molar-refractivity contribution in [2.75, 3.05) is 26.7 Å². The fourth-order valence-electron chi connectivity index (χ4n) is 1.44. The summed E-state index contributed by atoms with van der Waals surface area (Å²) in [6.07, 6.45) is 2.43. The van der Waals surface area contributed by atoms with Gasteiger partial charge in [0.25, 0.3) is 0 Å². The van der Waals surface area contributed by atoms with Crippen LogP contribution in [-0.2, 0) is 32.7 Å². The van der Waals surface area contributed by atoms with E-state index in [-0.39, 0.29) is 48.7 Å². The summed E-state index contributed by atoms with van der Waals surface area (Å²) in [5.41, 5.74) is 2.80. The molecule has 0 atom stereocenters. The molecule has 0 nitrogen and oxygen atoms in total. The first kappa shape index (κ1) is 19.4. The van der Waals surface area contributed by atoms with Crippen molar-refractivity contribution in [2.45, 2.75) is 12.3 Å². The third kappa shape index (κ3) is 8.17. The van der Waals surface area contributed by atoms with Crippen molar-refractivity contribution in [3.05, 3.63) is 35.4 Å². The molecule has 0 aliphatic rings. The van der Waals surface area contributed by atoms with E-state index >= 15 is 0 Å². The van der Waals surface area contributed by atoms with Gasteiger partial charge >= 0.3 is 0 Å². The third-order valence-corrected chi connectivity index (χ3v) is 3.84. The first-order chi connectivity index (χ1) is 6.58. The number of hydrogen-bond donors (Lipinski definition) is 0. The molecule has 0 aromatic heterocycles. The first-order valence-electron chi connectivity index (χ1n) is 4.87. The van der Waals surface area contributed by atoms with Gasteiger partial charge in [0.1, 0.15) is 0 Å². The maximum Gasteiger partial charge on any atom is 0 e. The average molecular weight is 367 g/mol. The van der Waals surface area contributed by atoms with Crippen LogP contribution in [-0.4, -0.2) is 26.7 Å². The third-order valence-electron chi connectivity index (χ3n) is 1.89. The summed E-state index contributed by atoms with van der Waals surface area (Å²) < 4.78 is 0. The number of hydrogen-bond acceptors (Lipinski definition) is 0. The molecule has 1 rings (SSSR count). The number of benzene rings is 1. The zero-order valence-electron chi connectivity index (χ0n) is 10.2. The fraction of sp³-hybridized carbons (Fsp3) is 0.500. The Balaban J connectivity index is 0. The van der Waals surface area contributed by atoms with E-state index in [0.29, 0.717) is 0 Å². The Morgan fingerprint density at radius 1 is 0.938 bits per heavy atom. The van der Waals surface area contributed by atoms with Crippen LogP contribution in [0.25, 0.3) is 0 Å². The van der Waals surface area contributed by atoms with E-state index in [1.165, 1.54) is 23.5 Å². The van der Waals surface area contributed by atoms with Gasteiger partial charge in [0.2, 0.25) is 0 Å². The van der Waals surface area contributed by atoms with Crippen LogP contribution < -0.4 is 12.4 Å². The van der Waals surface area contributed by atoms with Crippen molar-refractivity contribution < 1.29 is 32.8 Å². The molecule has 0 saturated carbocycles. The van der Waals surface area contributed by atoms with Gasteiger partial charge in [-0.25, -0.2) is 0 Å². The molecule has 0 bridgehead atoms. The van der Waals surface area contributed by atoms with Crippen LogP contribution >= 0.6 is 15.8 Å². The van der Waals surface area contributed by atoms with E-state index in [9.17, 15) is 0 Å². The zero-order valence-corrected chi connectivity index (χ0v) is 14.3. The normalized spacial score (nSPS) is 9.88. The maximum absolute atomic E-state index is 3.54. The van der Waals surface area contributed by atoms with Gasteiger partial charge in [0.05, 0.1) is 0 Å². The molecule has 0 saturated heterocycles. The maximum atomic E-state index is 3.54. The molecule has 0 aliphatic carbocycles. The minimum absolute atomic E-state index is 0. The van der Waals surface area contributed by atoms with Gasteiger partial charge in [-0.05, 0) is 56.2 Å². The van der Waals surface area contributed by atoms with Crippen LogP contribution in [0.15, 0.2) is 18.2 Å². The van der Waals surface area contributed by atoms with Crippen LogP contribution in [0.4, 0.5) is 0 Å². The van der Waals surface area contributed by atoms with E-state index in [4.69, 9.17) is 0 Å². The Labute approximate surface area is 123 Å². The summed E-state index contributed by atoms with van der Waals surface area (Å²) in [7, 11) is 0.329. The van der Waals surface area contributed by atoms with Gasteiger partial charge in [-0.1, -0.05) is 18.2 Å². The summed E-state index contributed by atoms with van der Waals surface area (Å²) in [6.45, 7) is 9.29. The molecule has 16 heavy (non-hydrogen) atoms. The summed E-state index contributed by atoms with van der Waals surface area (Å²) >= 11 is 0. The molecular formula is C12H19ClP2Pd-. The zero-order chi connectivity index (χ0) is 10.6. The van der Waals surface area contributed by atoms with E-state index in [0.717, 1.165) is 0 Å². The molecule has 0 N–H and O–H groups in total. The molecule has 0 aliphatic heterocycles. The predicted molar refractivity (Wildman–Crippen MR) is 70.2 cm³/mol. The molecule has 1 radical (unpaired) electrons. The van der Waals surface area contributed by atoms with Gasteiger partial charge in [-0.2, -0.15) is 0 Å². The molecule has 0 fully saturated rings. The minimum Gasteiger partial charge on any atom is -1.00 e. The SMILES string of the molecule is CP(C)Cc1[c]c(CP(C)C)ccc1.[Cl-].[Pd]. The molecule has 1 aromatic carbocycles. The first-order valence-corrected chi connectivity index (χ1v) is 9.72. The standard InChI is InChI=1S/C12H19P2.ClH.Pd/c1-13(2)9-11-6-5-7-12(8-11)10-14(3)4;;/h5-7H,9-10H2,1-4H3;1H;/p-1. The van der Waals surface area contributed by atoms with Crippen molar-refractivity contribution in [1.82, 2.24) is 0 Å². The van der Waals surface area contributed by atoms with Crippen molar-refractivity contribution in [2.24, 2.45) is 0 Å². The van der Waals surface area contributed by atoms with Crippen LogP contribution in [0, 0.1) is 6.07 Å². The van der Waals surface area contributed by atoms with Crippen LogP contribution in [0.1, 0.15) is 11.1 Å². The quantitative estimate of drug-likeness (QED) is 0.550. The van der Waals surface area contributed by atoms with E-state index in [1.54, 1.807) is 0 Å². The molecule has 1 aromatic rings. The van der Waals surface area contributed by atoms with Crippen LogP contribution in [0.2, 0.25) is 0 Å². The topological polar surface area (TPSA) is 0 Å². The second-order valence-electron chi connectivity index (χ2n) is 4.18. The molecular weight excluding hydrogens is 348 g/mol. The fourth-order valence-corrected chi connectivity index (χ4v) is 3.17. The number of rotatable bonds is 4. The van der Waals surface area contributed by atoms with Gasteiger partial charge in [-0.15, -0.1) is 15.8 Å². The Kier molecular flexibility index (Phi) is 12.1. The summed E-state index contributed by atoms with van der Waals surface area (Å²) in [4.78, 5) is 0. The van der Waals surface area contributed by atoms with Gasteiger partial charge < -0.3 is 12.4 Å². The summed E-state index contributed by atoms with van der Waals surface area (Å²) in [6, 6.07) is 10.1. The summed E-state index contributed by atoms with van der Waals surface area (Å²) in [5, 5.41) is 0. The number of halogens is 1. The average Bonchev–Trinajstić information content (AvgIpc) is 2.01. The Hall–Kier alpha value is 1.03. The summed E-state index contributed by atoms with van der Waals surface area (Å²) in [5.74, 6) is 0. The smallest absolute Gasteiger partial charge is 0 e. The molecule has 95 valence electrons. The van der Waals surface area contributed by atoms with Gasteiger partial charge in [0, 0.05) is 20.4 Å². The molecule has 0 spiro atoms. The van der Waals surface area contributed by atoms with E-state index < -0.39 is 0 Å². The van der Waals surface area contributed by atoms with Gasteiger partial charge in [0.15, 0.2) is 0 Å². The Morgan fingerprint density at radius 2 is 1.31 bits per heavy atom. The van der Waals surface area contributed by atoms with Gasteiger partial charge in [-0.3, -0.25) is 0 Å². The van der Waals surface area contributed by atoms with Crippen molar-refractivity contribution in [1.29, 1.82) is 0 Å². The largest absolute Gasteiger partial charge is 1.00 e. The Bertz CT molecular complexity index is 265. The molecule has 4 heteroatoms. The van der Waals surface area contributed by atoms with E-state index in [1.807, 2.05) is 0 Å². The second-order valence-corrected chi connectivity index (χ2v) is 9.13. The molecule has 0 heterocycles. The monoisotopic (exact) mass is 366 g/mol. The predicted octanol–water partition coefficient (Wildman–Crippen LogP) is 0.971. The van der Waals surface area contributed by atoms with Crippen molar-refractivity contribution >= 4 is 15.8 Å². The molecule has 0 unspecified atom stereocenters. The van der Waals surface area contributed by atoms with Crippen molar-refractivity contribution in [3.63, 3.8) is 0 Å². The van der Waals surface area contributed by atoms with Crippen molar-refractivity contribution in [3.8, 4) is 0 Å². The minimum atomic E-state index is 0. The van der Waals surface area contributed by atoms with E-state index in [2.05, 4.69) is 50.9 Å².